The zero-order valence-corrected chi connectivity index (χ0v) is 15.4. The van der Waals surface area contributed by atoms with Crippen LogP contribution in [0.4, 0.5) is 0 Å². The molecule has 0 aliphatic heterocycles. The van der Waals surface area contributed by atoms with Gasteiger partial charge in [-0.15, -0.1) is 0 Å². The van der Waals surface area contributed by atoms with E-state index >= 15 is 0 Å². The minimum Gasteiger partial charge on any atom is -0.331 e. The molecule has 128 valence electrons. The van der Waals surface area contributed by atoms with Gasteiger partial charge in [0, 0.05) is 25.2 Å². The van der Waals surface area contributed by atoms with Gasteiger partial charge in [-0.1, -0.05) is 30.9 Å². The molecule has 0 aliphatic rings. The molecular formula is C21H24N4. The lowest BCUT2D eigenvalue weighted by Gasteiger charge is -2.06. The Hall–Kier alpha value is -2.75. The molecule has 0 aliphatic carbocycles. The van der Waals surface area contributed by atoms with E-state index in [1.54, 1.807) is 6.08 Å². The first kappa shape index (κ1) is 17.1. The minimum atomic E-state index is 0.841. The molecule has 0 N–H and O–H groups in total. The van der Waals surface area contributed by atoms with Gasteiger partial charge in [-0.05, 0) is 38.8 Å². The van der Waals surface area contributed by atoms with Crippen molar-refractivity contribution in [1.82, 2.24) is 19.5 Å². The summed E-state index contributed by atoms with van der Waals surface area (Å²) in [6.07, 6.45) is 9.33. The molecule has 0 fully saturated rings. The highest BCUT2D eigenvalue weighted by Gasteiger charge is 2.13. The Morgan fingerprint density at radius 3 is 2.68 bits per heavy atom. The van der Waals surface area contributed by atoms with Crippen LogP contribution in [0.25, 0.3) is 17.1 Å². The maximum Gasteiger partial charge on any atom is 0.110 e. The summed E-state index contributed by atoms with van der Waals surface area (Å²) in [4.78, 5) is 14.0. The molecule has 0 atom stereocenters. The molecule has 0 bridgehead atoms. The summed E-state index contributed by atoms with van der Waals surface area (Å²) in [5.74, 6) is 1.07. The SMILES string of the molecule is C=C/C=C\c1c(C)ccc2c1nc(CCc1nc(C)cnc1C)n2C. The summed E-state index contributed by atoms with van der Waals surface area (Å²) in [6, 6.07) is 4.29. The summed E-state index contributed by atoms with van der Waals surface area (Å²) < 4.78 is 2.18. The molecule has 25 heavy (non-hydrogen) atoms. The number of fused-ring (bicyclic) bond motifs is 1. The molecule has 0 saturated carbocycles. The van der Waals surface area contributed by atoms with Crippen molar-refractivity contribution in [3.05, 3.63) is 71.1 Å². The maximum absolute atomic E-state index is 4.92. The molecule has 3 rings (SSSR count). The molecule has 0 saturated heterocycles. The van der Waals surface area contributed by atoms with Crippen LogP contribution in [0, 0.1) is 20.8 Å². The number of nitrogens with zero attached hydrogens (tertiary/aromatic N) is 4. The largest absolute Gasteiger partial charge is 0.331 e. The highest BCUT2D eigenvalue weighted by Crippen LogP contribution is 2.24. The van der Waals surface area contributed by atoms with Crippen LogP contribution in [0.15, 0.2) is 37.1 Å². The zero-order chi connectivity index (χ0) is 18.0. The third kappa shape index (κ3) is 3.38. The van der Waals surface area contributed by atoms with E-state index in [1.165, 1.54) is 5.56 Å². The highest BCUT2D eigenvalue weighted by atomic mass is 15.1. The van der Waals surface area contributed by atoms with Crippen LogP contribution in [-0.4, -0.2) is 19.5 Å². The number of imidazole rings is 1. The Bertz CT molecular complexity index is 964. The van der Waals surface area contributed by atoms with Crippen LogP contribution in [-0.2, 0) is 19.9 Å². The van der Waals surface area contributed by atoms with Crippen molar-refractivity contribution in [2.24, 2.45) is 7.05 Å². The number of benzene rings is 1. The molecule has 2 aromatic heterocycles. The smallest absolute Gasteiger partial charge is 0.110 e. The average molecular weight is 332 g/mol. The summed E-state index contributed by atoms with van der Waals surface area (Å²) in [5.41, 5.74) is 7.57. The van der Waals surface area contributed by atoms with Gasteiger partial charge in [0.25, 0.3) is 0 Å². The zero-order valence-electron chi connectivity index (χ0n) is 15.4. The van der Waals surface area contributed by atoms with Crippen molar-refractivity contribution in [3.8, 4) is 0 Å². The van der Waals surface area contributed by atoms with E-state index in [0.717, 1.165) is 52.3 Å². The molecule has 0 radical (unpaired) electrons. The van der Waals surface area contributed by atoms with E-state index in [9.17, 15) is 0 Å². The van der Waals surface area contributed by atoms with E-state index in [4.69, 9.17) is 4.98 Å². The van der Waals surface area contributed by atoms with E-state index in [1.807, 2.05) is 26.1 Å². The fourth-order valence-electron chi connectivity index (χ4n) is 3.08. The average Bonchev–Trinajstić information content (AvgIpc) is 2.91. The van der Waals surface area contributed by atoms with Gasteiger partial charge >= 0.3 is 0 Å². The van der Waals surface area contributed by atoms with Crippen LogP contribution in [0.1, 0.15) is 34.0 Å². The van der Waals surface area contributed by atoms with Crippen molar-refractivity contribution < 1.29 is 0 Å². The number of allylic oxidation sites excluding steroid dienone is 2. The second kappa shape index (κ2) is 7.01. The van der Waals surface area contributed by atoms with Gasteiger partial charge in [0.1, 0.15) is 5.82 Å². The van der Waals surface area contributed by atoms with Crippen LogP contribution in [0.5, 0.6) is 0 Å². The minimum absolute atomic E-state index is 0.841. The van der Waals surface area contributed by atoms with Gasteiger partial charge in [0.05, 0.1) is 28.1 Å². The van der Waals surface area contributed by atoms with Crippen LogP contribution in [0.2, 0.25) is 0 Å². The normalized spacial score (nSPS) is 11.5. The van der Waals surface area contributed by atoms with E-state index in [0.29, 0.717) is 0 Å². The lowest BCUT2D eigenvalue weighted by atomic mass is 10.1. The predicted octanol–water partition coefficient (Wildman–Crippen LogP) is 4.27. The third-order valence-corrected chi connectivity index (χ3v) is 4.56. The number of hydrogen-bond acceptors (Lipinski definition) is 3. The second-order valence-electron chi connectivity index (χ2n) is 6.39. The van der Waals surface area contributed by atoms with Gasteiger partial charge in [-0.3, -0.25) is 9.97 Å². The molecule has 1 aromatic carbocycles. The van der Waals surface area contributed by atoms with Crippen LogP contribution >= 0.6 is 0 Å². The Labute approximate surface area is 149 Å². The molecule has 2 heterocycles. The first-order chi connectivity index (χ1) is 12.0. The summed E-state index contributed by atoms with van der Waals surface area (Å²) >= 11 is 0. The number of hydrogen-bond donors (Lipinski definition) is 0. The first-order valence-electron chi connectivity index (χ1n) is 8.54. The Morgan fingerprint density at radius 2 is 1.92 bits per heavy atom. The number of aromatic nitrogens is 4. The first-order valence-corrected chi connectivity index (χ1v) is 8.54. The van der Waals surface area contributed by atoms with Crippen molar-refractivity contribution in [1.29, 1.82) is 0 Å². The Kier molecular flexibility index (Phi) is 4.79. The summed E-state index contributed by atoms with van der Waals surface area (Å²) in [7, 11) is 2.08. The molecular weight excluding hydrogens is 308 g/mol. The van der Waals surface area contributed by atoms with Crippen LogP contribution < -0.4 is 0 Å². The molecule has 3 aromatic rings. The molecule has 4 nitrogen and oxygen atoms in total. The summed E-state index contributed by atoms with van der Waals surface area (Å²) in [5, 5.41) is 0. The quantitative estimate of drug-likeness (QED) is 0.655. The van der Waals surface area contributed by atoms with Gasteiger partial charge in [0.2, 0.25) is 0 Å². The van der Waals surface area contributed by atoms with Gasteiger partial charge in [0.15, 0.2) is 0 Å². The van der Waals surface area contributed by atoms with E-state index in [2.05, 4.69) is 53.3 Å². The van der Waals surface area contributed by atoms with Crippen molar-refractivity contribution >= 4 is 17.1 Å². The lowest BCUT2D eigenvalue weighted by Crippen LogP contribution is -2.05. The van der Waals surface area contributed by atoms with Gasteiger partial charge in [-0.25, -0.2) is 4.98 Å². The van der Waals surface area contributed by atoms with Crippen molar-refractivity contribution in [2.75, 3.05) is 0 Å². The lowest BCUT2D eigenvalue weighted by molar-refractivity contribution is 0.764. The molecule has 0 unspecified atom stereocenters. The Morgan fingerprint density at radius 1 is 1.12 bits per heavy atom. The fraction of sp³-hybridized carbons (Fsp3) is 0.286. The standard InChI is InChI=1S/C21H24N4/c1-6-7-8-17-14(2)9-11-19-21(17)24-20(25(19)5)12-10-18-16(4)22-13-15(3)23-18/h6-9,11,13H,1,10,12H2,2-5H3/b8-7-. The third-order valence-electron chi connectivity index (χ3n) is 4.56. The van der Waals surface area contributed by atoms with Crippen molar-refractivity contribution in [2.45, 2.75) is 33.6 Å². The topological polar surface area (TPSA) is 43.6 Å². The van der Waals surface area contributed by atoms with E-state index < -0.39 is 0 Å². The maximum atomic E-state index is 4.92. The molecule has 0 spiro atoms. The molecule has 0 amide bonds. The van der Waals surface area contributed by atoms with Crippen LogP contribution in [0.3, 0.4) is 0 Å². The Balaban J connectivity index is 1.97. The monoisotopic (exact) mass is 332 g/mol. The summed E-state index contributed by atoms with van der Waals surface area (Å²) in [6.45, 7) is 9.86. The predicted molar refractivity (Wildman–Crippen MR) is 104 cm³/mol. The highest BCUT2D eigenvalue weighted by molar-refractivity contribution is 5.87. The fourth-order valence-corrected chi connectivity index (χ4v) is 3.08. The van der Waals surface area contributed by atoms with Gasteiger partial charge < -0.3 is 4.57 Å². The van der Waals surface area contributed by atoms with Crippen molar-refractivity contribution in [3.63, 3.8) is 0 Å². The molecule has 4 heteroatoms. The number of rotatable bonds is 5. The van der Waals surface area contributed by atoms with E-state index in [-0.39, 0.29) is 0 Å². The second-order valence-corrected chi connectivity index (χ2v) is 6.39. The van der Waals surface area contributed by atoms with Gasteiger partial charge in [-0.2, -0.15) is 0 Å². The number of aryl methyl sites for hydroxylation is 6.